The van der Waals surface area contributed by atoms with Gasteiger partial charge < -0.3 is 20.6 Å². The van der Waals surface area contributed by atoms with E-state index in [0.717, 1.165) is 5.69 Å². The van der Waals surface area contributed by atoms with Crippen LogP contribution in [0.15, 0.2) is 48.8 Å². The number of nitrogens with zero attached hydrogens (tertiary/aromatic N) is 2. The fourth-order valence-electron chi connectivity index (χ4n) is 1.99. The van der Waals surface area contributed by atoms with Crippen LogP contribution in [0, 0.1) is 5.41 Å². The number of phenols is 2. The summed E-state index contributed by atoms with van der Waals surface area (Å²) >= 11 is 0. The highest BCUT2D eigenvalue weighted by molar-refractivity contribution is 5.92. The van der Waals surface area contributed by atoms with Crippen LogP contribution in [0.5, 0.6) is 11.5 Å². The number of aromatic hydroxyl groups is 2. The molecule has 0 aliphatic carbocycles. The Bertz CT molecular complexity index is 928. The van der Waals surface area contributed by atoms with Crippen LogP contribution in [-0.4, -0.2) is 31.3 Å². The number of hydrogen-bond acceptors (Lipinski definition) is 6. The number of fused-ring (bicyclic) bond motifs is 1. The lowest BCUT2D eigenvalue weighted by atomic mass is 9.91. The molecule has 0 radical (unpaired) electrons. The van der Waals surface area contributed by atoms with E-state index in [1.807, 2.05) is 51.1 Å². The topological polar surface area (TPSA) is 116 Å². The van der Waals surface area contributed by atoms with E-state index in [2.05, 4.69) is 15.3 Å². The number of para-hydroxylation sites is 1. The van der Waals surface area contributed by atoms with Gasteiger partial charge in [0.2, 0.25) is 0 Å². The third kappa shape index (κ3) is 6.64. The summed E-state index contributed by atoms with van der Waals surface area (Å²) in [7, 11) is 0. The predicted molar refractivity (Wildman–Crippen MR) is 116 cm³/mol. The molecule has 1 aromatic heterocycles. The summed E-state index contributed by atoms with van der Waals surface area (Å²) in [5.74, 6) is -0.540. The Kier molecular flexibility index (Phi) is 8.86. The molecule has 0 spiro atoms. The SMILES string of the molecule is CC.CCC(C)(C)C(=O)O.Oc1cc2ncnc(Nc3ccccc3)c2cc1O. The Morgan fingerprint density at radius 3 is 2.14 bits per heavy atom. The van der Waals surface area contributed by atoms with Crippen LogP contribution in [-0.2, 0) is 4.79 Å². The van der Waals surface area contributed by atoms with Crippen molar-refractivity contribution >= 4 is 28.4 Å². The first-order valence-corrected chi connectivity index (χ1v) is 9.46. The number of carboxylic acids is 1. The molecule has 7 nitrogen and oxygen atoms in total. The molecule has 1 heterocycles. The summed E-state index contributed by atoms with van der Waals surface area (Å²) in [4.78, 5) is 18.5. The molecule has 0 aliphatic rings. The quantitative estimate of drug-likeness (QED) is 0.439. The highest BCUT2D eigenvalue weighted by atomic mass is 16.4. The second kappa shape index (κ2) is 10.8. The van der Waals surface area contributed by atoms with E-state index >= 15 is 0 Å². The van der Waals surface area contributed by atoms with Gasteiger partial charge in [-0.3, -0.25) is 4.79 Å². The minimum Gasteiger partial charge on any atom is -0.504 e. The average Bonchev–Trinajstić information content (AvgIpc) is 2.72. The molecule has 0 amide bonds. The fraction of sp³-hybridized carbons (Fsp3) is 0.318. The number of aliphatic carboxylic acids is 1. The number of phenolic OH excluding ortho intramolecular Hbond substituents is 2. The van der Waals surface area contributed by atoms with Crippen molar-refractivity contribution in [1.29, 1.82) is 0 Å². The van der Waals surface area contributed by atoms with Gasteiger partial charge in [-0.1, -0.05) is 39.0 Å². The fourth-order valence-corrected chi connectivity index (χ4v) is 1.99. The van der Waals surface area contributed by atoms with Crippen molar-refractivity contribution in [3.8, 4) is 11.5 Å². The van der Waals surface area contributed by atoms with Crippen LogP contribution in [0.1, 0.15) is 41.0 Å². The molecule has 3 rings (SSSR count). The van der Waals surface area contributed by atoms with Gasteiger partial charge in [-0.2, -0.15) is 0 Å². The number of anilines is 2. The van der Waals surface area contributed by atoms with Crippen LogP contribution >= 0.6 is 0 Å². The van der Waals surface area contributed by atoms with Gasteiger partial charge in [0, 0.05) is 17.1 Å². The molecule has 0 bridgehead atoms. The van der Waals surface area contributed by atoms with Gasteiger partial charge in [-0.05, 0) is 38.5 Å². The summed E-state index contributed by atoms with van der Waals surface area (Å²) in [6.07, 6.45) is 2.09. The molecule has 0 fully saturated rings. The van der Waals surface area contributed by atoms with Gasteiger partial charge in [0.05, 0.1) is 10.9 Å². The van der Waals surface area contributed by atoms with Gasteiger partial charge >= 0.3 is 5.97 Å². The highest BCUT2D eigenvalue weighted by Gasteiger charge is 2.23. The molecule has 156 valence electrons. The van der Waals surface area contributed by atoms with Crippen LogP contribution < -0.4 is 5.32 Å². The maximum atomic E-state index is 10.3. The number of nitrogens with one attached hydrogen (secondary N) is 1. The van der Waals surface area contributed by atoms with Crippen molar-refractivity contribution in [1.82, 2.24) is 9.97 Å². The minimum absolute atomic E-state index is 0.196. The van der Waals surface area contributed by atoms with E-state index in [4.69, 9.17) is 5.11 Å². The molecule has 4 N–H and O–H groups in total. The van der Waals surface area contributed by atoms with Crippen molar-refractivity contribution in [3.63, 3.8) is 0 Å². The number of rotatable bonds is 4. The smallest absolute Gasteiger partial charge is 0.309 e. The molecule has 0 unspecified atom stereocenters. The first-order chi connectivity index (χ1) is 13.7. The molecule has 29 heavy (non-hydrogen) atoms. The normalized spacial score (nSPS) is 10.2. The molecule has 2 aromatic carbocycles. The van der Waals surface area contributed by atoms with Gasteiger partial charge in [0.15, 0.2) is 11.5 Å². The molecular formula is C22H29N3O4. The van der Waals surface area contributed by atoms with E-state index in [1.165, 1.54) is 18.5 Å². The maximum Gasteiger partial charge on any atom is 0.309 e. The molecule has 3 aromatic rings. The maximum absolute atomic E-state index is 10.3. The lowest BCUT2D eigenvalue weighted by molar-refractivity contribution is -0.147. The number of aromatic nitrogens is 2. The zero-order valence-corrected chi connectivity index (χ0v) is 17.5. The van der Waals surface area contributed by atoms with Crippen molar-refractivity contribution in [3.05, 3.63) is 48.8 Å². The van der Waals surface area contributed by atoms with Gasteiger partial charge in [0.1, 0.15) is 12.1 Å². The Morgan fingerprint density at radius 1 is 1.03 bits per heavy atom. The molecule has 0 aliphatic heterocycles. The van der Waals surface area contributed by atoms with E-state index in [-0.39, 0.29) is 11.5 Å². The number of benzene rings is 2. The molecule has 0 saturated carbocycles. The van der Waals surface area contributed by atoms with Crippen molar-refractivity contribution in [2.75, 3.05) is 5.32 Å². The van der Waals surface area contributed by atoms with Crippen molar-refractivity contribution in [2.24, 2.45) is 5.41 Å². The Balaban J connectivity index is 0.000000358. The van der Waals surface area contributed by atoms with E-state index in [9.17, 15) is 15.0 Å². The Labute approximate surface area is 171 Å². The summed E-state index contributed by atoms with van der Waals surface area (Å²) in [6.45, 7) is 9.30. The lowest BCUT2D eigenvalue weighted by Gasteiger charge is -2.14. The first-order valence-electron chi connectivity index (χ1n) is 9.46. The van der Waals surface area contributed by atoms with Crippen molar-refractivity contribution < 1.29 is 20.1 Å². The monoisotopic (exact) mass is 399 g/mol. The zero-order valence-electron chi connectivity index (χ0n) is 17.5. The standard InChI is InChI=1S/C14H11N3O2.C6H12O2.C2H6/c18-12-6-10-11(7-13(12)19)15-8-16-14(10)17-9-4-2-1-3-5-9;1-4-6(2,3)5(7)8;1-2/h1-8,18-19H,(H,15,16,17);4H2,1-3H3,(H,7,8);1-2H3. The largest absolute Gasteiger partial charge is 0.504 e. The second-order valence-electron chi connectivity index (χ2n) is 6.61. The van der Waals surface area contributed by atoms with Gasteiger partial charge in [-0.15, -0.1) is 0 Å². The summed E-state index contributed by atoms with van der Waals surface area (Å²) in [5, 5.41) is 31.3. The summed E-state index contributed by atoms with van der Waals surface area (Å²) < 4.78 is 0. The van der Waals surface area contributed by atoms with Gasteiger partial charge in [0.25, 0.3) is 0 Å². The van der Waals surface area contributed by atoms with E-state index < -0.39 is 11.4 Å². The number of carbonyl (C=O) groups is 1. The third-order valence-corrected chi connectivity index (χ3v) is 4.23. The second-order valence-corrected chi connectivity index (χ2v) is 6.61. The van der Waals surface area contributed by atoms with Gasteiger partial charge in [-0.25, -0.2) is 9.97 Å². The predicted octanol–water partition coefficient (Wildman–Crippen LogP) is 5.32. The number of hydrogen-bond donors (Lipinski definition) is 4. The number of carboxylic acid groups (broad SMARTS) is 1. The Hall–Kier alpha value is -3.35. The van der Waals surface area contributed by atoms with Crippen LogP contribution in [0.2, 0.25) is 0 Å². The molecule has 0 saturated heterocycles. The average molecular weight is 399 g/mol. The van der Waals surface area contributed by atoms with E-state index in [0.29, 0.717) is 23.1 Å². The summed E-state index contributed by atoms with van der Waals surface area (Å²) in [5.41, 5.74) is 0.902. The van der Waals surface area contributed by atoms with Crippen LogP contribution in [0.25, 0.3) is 10.9 Å². The van der Waals surface area contributed by atoms with Crippen LogP contribution in [0.3, 0.4) is 0 Å². The van der Waals surface area contributed by atoms with Crippen LogP contribution in [0.4, 0.5) is 11.5 Å². The van der Waals surface area contributed by atoms with Crippen molar-refractivity contribution in [2.45, 2.75) is 41.0 Å². The van der Waals surface area contributed by atoms with E-state index in [1.54, 1.807) is 13.8 Å². The lowest BCUT2D eigenvalue weighted by Crippen LogP contribution is -2.21. The first kappa shape index (κ1) is 23.7. The zero-order chi connectivity index (χ0) is 22.0. The Morgan fingerprint density at radius 2 is 1.62 bits per heavy atom. The minimum atomic E-state index is -0.722. The molecule has 7 heteroatoms. The third-order valence-electron chi connectivity index (χ3n) is 4.23. The summed E-state index contributed by atoms with van der Waals surface area (Å²) in [6, 6.07) is 12.4. The highest BCUT2D eigenvalue weighted by Crippen LogP contribution is 2.32. The molecular weight excluding hydrogens is 370 g/mol. The molecule has 0 atom stereocenters.